The van der Waals surface area contributed by atoms with E-state index in [0.29, 0.717) is 12.1 Å². The molecule has 1 N–H and O–H groups in total. The average Bonchev–Trinajstić information content (AvgIpc) is 2.37. The van der Waals surface area contributed by atoms with Crippen molar-refractivity contribution in [3.63, 3.8) is 0 Å². The summed E-state index contributed by atoms with van der Waals surface area (Å²) >= 11 is 0. The van der Waals surface area contributed by atoms with Crippen LogP contribution in [0.4, 0.5) is 0 Å². The monoisotopic (exact) mass is 253 g/mol. The first kappa shape index (κ1) is 14.3. The third-order valence-corrected chi connectivity index (χ3v) is 4.77. The van der Waals surface area contributed by atoms with Crippen molar-refractivity contribution in [3.05, 3.63) is 0 Å². The van der Waals surface area contributed by atoms with Crippen molar-refractivity contribution in [1.82, 2.24) is 5.32 Å². The molecule has 18 heavy (non-hydrogen) atoms. The first-order valence-electron chi connectivity index (χ1n) is 8.14. The summed E-state index contributed by atoms with van der Waals surface area (Å²) < 4.78 is 6.16. The van der Waals surface area contributed by atoms with Gasteiger partial charge in [0.1, 0.15) is 0 Å². The zero-order valence-electron chi connectivity index (χ0n) is 12.3. The van der Waals surface area contributed by atoms with Crippen molar-refractivity contribution in [2.24, 2.45) is 0 Å². The lowest BCUT2D eigenvalue weighted by Gasteiger charge is -2.44. The van der Waals surface area contributed by atoms with Crippen LogP contribution in [-0.4, -0.2) is 24.3 Å². The molecule has 2 nitrogen and oxygen atoms in total. The maximum Gasteiger partial charge on any atom is 0.0697 e. The molecule has 2 unspecified atom stereocenters. The lowest BCUT2D eigenvalue weighted by molar-refractivity contribution is -0.110. The Hall–Kier alpha value is -0.0800. The molecule has 0 aromatic heterocycles. The zero-order valence-corrected chi connectivity index (χ0v) is 12.3. The molecule has 0 bridgehead atoms. The van der Waals surface area contributed by atoms with Gasteiger partial charge in [0, 0.05) is 18.7 Å². The minimum Gasteiger partial charge on any atom is -0.375 e. The Kier molecular flexibility index (Phi) is 5.50. The fraction of sp³-hybridized carbons (Fsp3) is 1.00. The van der Waals surface area contributed by atoms with E-state index in [9.17, 15) is 0 Å². The second-order valence-electron chi connectivity index (χ2n) is 6.49. The van der Waals surface area contributed by atoms with Crippen LogP contribution in [0.25, 0.3) is 0 Å². The molecular weight excluding hydrogens is 222 g/mol. The van der Waals surface area contributed by atoms with Crippen molar-refractivity contribution >= 4 is 0 Å². The van der Waals surface area contributed by atoms with Gasteiger partial charge in [-0.15, -0.1) is 0 Å². The second-order valence-corrected chi connectivity index (χ2v) is 6.49. The summed E-state index contributed by atoms with van der Waals surface area (Å²) in [6.07, 6.45) is 13.2. The number of nitrogens with one attached hydrogen (secondary N) is 1. The van der Waals surface area contributed by atoms with Crippen LogP contribution in [0, 0.1) is 0 Å². The summed E-state index contributed by atoms with van der Waals surface area (Å²) in [6.45, 7) is 5.59. The van der Waals surface area contributed by atoms with E-state index in [1.807, 2.05) is 0 Å². The predicted molar refractivity (Wildman–Crippen MR) is 76.9 cm³/mol. The Morgan fingerprint density at radius 3 is 2.78 bits per heavy atom. The Labute approximate surface area is 113 Å². The van der Waals surface area contributed by atoms with Crippen molar-refractivity contribution in [3.8, 4) is 0 Å². The van der Waals surface area contributed by atoms with Crippen LogP contribution in [0.3, 0.4) is 0 Å². The lowest BCUT2D eigenvalue weighted by atomic mass is 9.78. The van der Waals surface area contributed by atoms with Crippen molar-refractivity contribution in [2.75, 3.05) is 6.61 Å². The van der Waals surface area contributed by atoms with Crippen molar-refractivity contribution in [1.29, 1.82) is 0 Å². The molecule has 2 heteroatoms. The van der Waals surface area contributed by atoms with Crippen LogP contribution in [-0.2, 0) is 4.74 Å². The van der Waals surface area contributed by atoms with E-state index >= 15 is 0 Å². The molecule has 1 aliphatic carbocycles. The van der Waals surface area contributed by atoms with Gasteiger partial charge in [0.05, 0.1) is 5.60 Å². The SMILES string of the molecule is CCCCC(C)NC1CCOC2(CCCCC2)C1. The van der Waals surface area contributed by atoms with Crippen LogP contribution in [0.1, 0.15) is 78.1 Å². The maximum atomic E-state index is 6.16. The van der Waals surface area contributed by atoms with Crippen LogP contribution in [0.5, 0.6) is 0 Å². The Balaban J connectivity index is 1.79. The first-order chi connectivity index (χ1) is 8.74. The number of hydrogen-bond acceptors (Lipinski definition) is 2. The fourth-order valence-electron chi connectivity index (χ4n) is 3.71. The largest absolute Gasteiger partial charge is 0.375 e. The normalized spacial score (nSPS) is 29.3. The molecule has 0 aromatic rings. The molecule has 1 spiro atoms. The van der Waals surface area contributed by atoms with E-state index in [0.717, 1.165) is 6.61 Å². The molecule has 2 atom stereocenters. The van der Waals surface area contributed by atoms with Crippen LogP contribution in [0.2, 0.25) is 0 Å². The zero-order chi connectivity index (χ0) is 12.8. The molecule has 0 radical (unpaired) electrons. The van der Waals surface area contributed by atoms with Crippen molar-refractivity contribution in [2.45, 2.75) is 95.7 Å². The molecule has 2 fully saturated rings. The van der Waals surface area contributed by atoms with Gasteiger partial charge in [-0.05, 0) is 39.0 Å². The number of ether oxygens (including phenoxy) is 1. The quantitative estimate of drug-likeness (QED) is 0.798. The average molecular weight is 253 g/mol. The van der Waals surface area contributed by atoms with Gasteiger partial charge in [0.25, 0.3) is 0 Å². The third-order valence-electron chi connectivity index (χ3n) is 4.77. The summed E-state index contributed by atoms with van der Waals surface area (Å²) in [5.41, 5.74) is 0.249. The highest BCUT2D eigenvalue weighted by Gasteiger charge is 2.38. The molecule has 0 amide bonds. The number of hydrogen-bond donors (Lipinski definition) is 1. The van der Waals surface area contributed by atoms with E-state index in [-0.39, 0.29) is 5.60 Å². The van der Waals surface area contributed by atoms with Crippen LogP contribution >= 0.6 is 0 Å². The minimum absolute atomic E-state index is 0.249. The molecule has 0 aromatic carbocycles. The lowest BCUT2D eigenvalue weighted by Crippen LogP contribution is -2.50. The van der Waals surface area contributed by atoms with Gasteiger partial charge >= 0.3 is 0 Å². The van der Waals surface area contributed by atoms with Gasteiger partial charge in [0.15, 0.2) is 0 Å². The van der Waals surface area contributed by atoms with E-state index in [4.69, 9.17) is 4.74 Å². The maximum absolute atomic E-state index is 6.16. The summed E-state index contributed by atoms with van der Waals surface area (Å²) in [5, 5.41) is 3.85. The molecule has 2 rings (SSSR count). The van der Waals surface area contributed by atoms with E-state index < -0.39 is 0 Å². The minimum atomic E-state index is 0.249. The molecule has 2 aliphatic rings. The first-order valence-corrected chi connectivity index (χ1v) is 8.14. The van der Waals surface area contributed by atoms with Crippen molar-refractivity contribution < 1.29 is 4.74 Å². The smallest absolute Gasteiger partial charge is 0.0697 e. The highest BCUT2D eigenvalue weighted by Crippen LogP contribution is 2.38. The third kappa shape index (κ3) is 3.96. The molecular formula is C16H31NO. The van der Waals surface area contributed by atoms with E-state index in [1.165, 1.54) is 64.2 Å². The molecule has 1 saturated carbocycles. The number of unbranched alkanes of at least 4 members (excludes halogenated alkanes) is 1. The predicted octanol–water partition coefficient (Wildman–Crippen LogP) is 4.04. The highest BCUT2D eigenvalue weighted by atomic mass is 16.5. The topological polar surface area (TPSA) is 21.3 Å². The highest BCUT2D eigenvalue weighted by molar-refractivity contribution is 4.92. The fourth-order valence-corrected chi connectivity index (χ4v) is 3.71. The van der Waals surface area contributed by atoms with Gasteiger partial charge in [-0.3, -0.25) is 0 Å². The summed E-state index contributed by atoms with van der Waals surface area (Å²) in [6, 6.07) is 1.37. The summed E-state index contributed by atoms with van der Waals surface area (Å²) in [7, 11) is 0. The summed E-state index contributed by atoms with van der Waals surface area (Å²) in [5.74, 6) is 0. The summed E-state index contributed by atoms with van der Waals surface area (Å²) in [4.78, 5) is 0. The molecule has 1 saturated heterocycles. The van der Waals surface area contributed by atoms with E-state index in [1.54, 1.807) is 0 Å². The van der Waals surface area contributed by atoms with Gasteiger partial charge in [-0.1, -0.05) is 39.0 Å². The van der Waals surface area contributed by atoms with Gasteiger partial charge in [0.2, 0.25) is 0 Å². The molecule has 1 aliphatic heterocycles. The Morgan fingerprint density at radius 2 is 2.06 bits per heavy atom. The molecule has 106 valence electrons. The Bertz CT molecular complexity index is 230. The second kappa shape index (κ2) is 6.91. The van der Waals surface area contributed by atoms with Crippen LogP contribution in [0.15, 0.2) is 0 Å². The van der Waals surface area contributed by atoms with Gasteiger partial charge in [-0.2, -0.15) is 0 Å². The molecule has 1 heterocycles. The Morgan fingerprint density at radius 1 is 1.28 bits per heavy atom. The standard InChI is InChI=1S/C16H31NO/c1-3-4-8-14(2)17-15-9-12-18-16(13-15)10-6-5-7-11-16/h14-15,17H,3-13H2,1-2H3. The van der Waals surface area contributed by atoms with Crippen LogP contribution < -0.4 is 5.32 Å². The number of rotatable bonds is 5. The van der Waals surface area contributed by atoms with Gasteiger partial charge < -0.3 is 10.1 Å². The van der Waals surface area contributed by atoms with E-state index in [2.05, 4.69) is 19.2 Å². The van der Waals surface area contributed by atoms with Gasteiger partial charge in [-0.25, -0.2) is 0 Å².